The van der Waals surface area contributed by atoms with Crippen molar-refractivity contribution < 1.29 is 4.74 Å². The Hall–Kier alpha value is -1.66. The van der Waals surface area contributed by atoms with E-state index in [0.29, 0.717) is 11.8 Å². The molecule has 0 aliphatic carbocycles. The second-order valence-electron chi connectivity index (χ2n) is 4.54. The van der Waals surface area contributed by atoms with E-state index in [-0.39, 0.29) is 0 Å². The number of methoxy groups -OCH3 is 1. The lowest BCUT2D eigenvalue weighted by Gasteiger charge is -2.19. The Kier molecular flexibility index (Phi) is 3.84. The average Bonchev–Trinajstić information content (AvgIpc) is 2.49. The Labute approximate surface area is 125 Å². The van der Waals surface area contributed by atoms with Crippen molar-refractivity contribution in [3.63, 3.8) is 0 Å². The highest BCUT2D eigenvalue weighted by atomic mass is 79.9. The van der Waals surface area contributed by atoms with Crippen LogP contribution in [0.5, 0.6) is 5.88 Å². The Balaban J connectivity index is 1.91. The van der Waals surface area contributed by atoms with Gasteiger partial charge in [0.05, 0.1) is 12.8 Å². The molecule has 3 rings (SSSR count). The summed E-state index contributed by atoms with van der Waals surface area (Å²) in [6, 6.07) is 7.89. The summed E-state index contributed by atoms with van der Waals surface area (Å²) in [4.78, 5) is 9.01. The van der Waals surface area contributed by atoms with Crippen LogP contribution in [-0.4, -0.2) is 23.6 Å². The van der Waals surface area contributed by atoms with Crippen LogP contribution in [-0.2, 0) is 13.0 Å². The third-order valence-corrected chi connectivity index (χ3v) is 3.72. The molecule has 1 aromatic heterocycles. The minimum Gasteiger partial charge on any atom is -0.481 e. The molecule has 0 atom stereocenters. The first-order chi connectivity index (χ1) is 9.76. The zero-order chi connectivity index (χ0) is 13.9. The average molecular weight is 335 g/mol. The van der Waals surface area contributed by atoms with E-state index in [1.807, 2.05) is 24.3 Å². The molecule has 1 aromatic carbocycles. The van der Waals surface area contributed by atoms with Crippen LogP contribution >= 0.6 is 15.9 Å². The number of ether oxygens (including phenoxy) is 1. The van der Waals surface area contributed by atoms with Crippen molar-refractivity contribution in [2.75, 3.05) is 19.0 Å². The Bertz CT molecular complexity index is 598. The molecule has 0 saturated carbocycles. The highest BCUT2D eigenvalue weighted by Gasteiger charge is 2.18. The zero-order valence-electron chi connectivity index (χ0n) is 11.1. The summed E-state index contributed by atoms with van der Waals surface area (Å²) in [6.07, 6.45) is 0.892. The van der Waals surface area contributed by atoms with Gasteiger partial charge in [-0.1, -0.05) is 15.9 Å². The summed E-state index contributed by atoms with van der Waals surface area (Å²) in [6.45, 7) is 1.70. The van der Waals surface area contributed by atoms with E-state index in [4.69, 9.17) is 4.74 Å². The maximum atomic E-state index is 5.37. The third-order valence-electron chi connectivity index (χ3n) is 3.19. The van der Waals surface area contributed by atoms with Gasteiger partial charge in [-0.25, -0.2) is 4.98 Å². The van der Waals surface area contributed by atoms with E-state index >= 15 is 0 Å². The summed E-state index contributed by atoms with van der Waals surface area (Å²) in [5.74, 6) is 1.21. The van der Waals surface area contributed by atoms with Crippen molar-refractivity contribution in [1.82, 2.24) is 15.3 Å². The summed E-state index contributed by atoms with van der Waals surface area (Å²) >= 11 is 3.42. The highest BCUT2D eigenvalue weighted by molar-refractivity contribution is 9.10. The van der Waals surface area contributed by atoms with Crippen molar-refractivity contribution in [3.8, 4) is 5.88 Å². The van der Waals surface area contributed by atoms with E-state index < -0.39 is 0 Å². The molecule has 1 aliphatic rings. The summed E-state index contributed by atoms with van der Waals surface area (Å²) < 4.78 is 6.41. The van der Waals surface area contributed by atoms with Crippen LogP contribution in [0.2, 0.25) is 0 Å². The van der Waals surface area contributed by atoms with Crippen LogP contribution in [0.25, 0.3) is 0 Å². The normalized spacial score (nSPS) is 13.7. The van der Waals surface area contributed by atoms with Gasteiger partial charge in [-0.2, -0.15) is 4.98 Å². The van der Waals surface area contributed by atoms with Crippen molar-refractivity contribution in [1.29, 1.82) is 0 Å². The number of nitrogens with one attached hydrogen (secondary N) is 2. The number of hydrogen-bond donors (Lipinski definition) is 2. The molecular weight excluding hydrogens is 320 g/mol. The minimum absolute atomic E-state index is 0.574. The minimum atomic E-state index is 0.574. The Morgan fingerprint density at radius 1 is 1.25 bits per heavy atom. The van der Waals surface area contributed by atoms with E-state index in [1.165, 1.54) is 0 Å². The number of fused-ring (bicyclic) bond motifs is 1. The topological polar surface area (TPSA) is 59.1 Å². The van der Waals surface area contributed by atoms with Crippen LogP contribution in [0, 0.1) is 0 Å². The Morgan fingerprint density at radius 3 is 2.80 bits per heavy atom. The van der Waals surface area contributed by atoms with Gasteiger partial charge in [-0.05, 0) is 24.3 Å². The van der Waals surface area contributed by atoms with Crippen molar-refractivity contribution in [2.24, 2.45) is 0 Å². The smallest absolute Gasteiger partial charge is 0.230 e. The Morgan fingerprint density at radius 2 is 2.05 bits per heavy atom. The van der Waals surface area contributed by atoms with Crippen LogP contribution in [0.3, 0.4) is 0 Å². The molecule has 0 saturated heterocycles. The monoisotopic (exact) mass is 334 g/mol. The molecular formula is C14H15BrN4O. The van der Waals surface area contributed by atoms with Gasteiger partial charge in [0, 0.05) is 35.2 Å². The summed E-state index contributed by atoms with van der Waals surface area (Å²) in [5, 5.41) is 6.52. The molecule has 2 heterocycles. The van der Waals surface area contributed by atoms with Crippen LogP contribution in [0.4, 0.5) is 11.6 Å². The summed E-state index contributed by atoms with van der Waals surface area (Å²) in [7, 11) is 1.64. The van der Waals surface area contributed by atoms with Crippen molar-refractivity contribution in [2.45, 2.75) is 13.0 Å². The number of anilines is 2. The lowest BCUT2D eigenvalue weighted by Crippen LogP contribution is -2.26. The van der Waals surface area contributed by atoms with E-state index in [2.05, 4.69) is 36.5 Å². The van der Waals surface area contributed by atoms with Gasteiger partial charge in [0.25, 0.3) is 0 Å². The second-order valence-corrected chi connectivity index (χ2v) is 5.46. The lowest BCUT2D eigenvalue weighted by atomic mass is 10.1. The number of rotatable bonds is 3. The van der Waals surface area contributed by atoms with Crippen LogP contribution in [0.15, 0.2) is 28.7 Å². The van der Waals surface area contributed by atoms with Crippen LogP contribution in [0.1, 0.15) is 11.3 Å². The molecule has 0 spiro atoms. The van der Waals surface area contributed by atoms with Gasteiger partial charge >= 0.3 is 0 Å². The lowest BCUT2D eigenvalue weighted by molar-refractivity contribution is 0.386. The second kappa shape index (κ2) is 5.76. The molecule has 20 heavy (non-hydrogen) atoms. The van der Waals surface area contributed by atoms with E-state index in [0.717, 1.165) is 40.9 Å². The number of halogens is 1. The van der Waals surface area contributed by atoms with Gasteiger partial charge in [-0.15, -0.1) is 0 Å². The number of nitrogens with zero attached hydrogens (tertiary/aromatic N) is 2. The van der Waals surface area contributed by atoms with Crippen LogP contribution < -0.4 is 15.4 Å². The standard InChI is InChI=1S/C14H15BrN4O/c1-20-13-11-8-16-7-6-12(11)18-14(19-13)17-10-4-2-9(15)3-5-10/h2-5,16H,6-8H2,1H3,(H,17,18,19). The van der Waals surface area contributed by atoms with E-state index in [1.54, 1.807) is 7.11 Å². The fourth-order valence-electron chi connectivity index (χ4n) is 2.20. The number of hydrogen-bond acceptors (Lipinski definition) is 5. The molecule has 0 radical (unpaired) electrons. The van der Waals surface area contributed by atoms with Gasteiger partial charge in [0.2, 0.25) is 11.8 Å². The number of aromatic nitrogens is 2. The van der Waals surface area contributed by atoms with E-state index in [9.17, 15) is 0 Å². The SMILES string of the molecule is COc1nc(Nc2ccc(Br)cc2)nc2c1CNCC2. The third kappa shape index (κ3) is 2.76. The predicted octanol–water partition coefficient (Wildman–Crippen LogP) is 2.64. The van der Waals surface area contributed by atoms with Gasteiger partial charge in [0.15, 0.2) is 0 Å². The fraction of sp³-hybridized carbons (Fsp3) is 0.286. The first-order valence-electron chi connectivity index (χ1n) is 6.43. The predicted molar refractivity (Wildman–Crippen MR) is 81.4 cm³/mol. The summed E-state index contributed by atoms with van der Waals surface area (Å²) in [5.41, 5.74) is 3.06. The molecule has 2 N–H and O–H groups in total. The number of benzene rings is 1. The molecule has 0 bridgehead atoms. The quantitative estimate of drug-likeness (QED) is 0.903. The first kappa shape index (κ1) is 13.3. The van der Waals surface area contributed by atoms with Gasteiger partial charge < -0.3 is 15.4 Å². The van der Waals surface area contributed by atoms with Gasteiger partial charge in [-0.3, -0.25) is 0 Å². The molecule has 104 valence electrons. The molecule has 6 heteroatoms. The van der Waals surface area contributed by atoms with Crippen molar-refractivity contribution >= 4 is 27.6 Å². The molecule has 1 aliphatic heterocycles. The maximum Gasteiger partial charge on any atom is 0.230 e. The maximum absolute atomic E-state index is 5.37. The molecule has 0 fully saturated rings. The zero-order valence-corrected chi connectivity index (χ0v) is 12.7. The molecule has 0 unspecified atom stereocenters. The molecule has 5 nitrogen and oxygen atoms in total. The van der Waals surface area contributed by atoms with Crippen molar-refractivity contribution in [3.05, 3.63) is 40.0 Å². The largest absolute Gasteiger partial charge is 0.481 e. The first-order valence-corrected chi connectivity index (χ1v) is 7.22. The highest BCUT2D eigenvalue weighted by Crippen LogP contribution is 2.25. The molecule has 2 aromatic rings. The fourth-order valence-corrected chi connectivity index (χ4v) is 2.46. The van der Waals surface area contributed by atoms with Gasteiger partial charge in [0.1, 0.15) is 0 Å². The molecule has 0 amide bonds.